The SMILES string of the molecule is Cn1c(-c2ccnc(C=Cc3ccc(F)cc3)c2)cc(C#N)c1N1CCNCC1.O=C(O)C(F)(F)F. The molecule has 1 saturated heterocycles. The third kappa shape index (κ3) is 6.70. The summed E-state index contributed by atoms with van der Waals surface area (Å²) in [4.78, 5) is 15.6. The summed E-state index contributed by atoms with van der Waals surface area (Å²) in [7, 11) is 2.00. The van der Waals surface area contributed by atoms with Gasteiger partial charge in [0, 0.05) is 45.0 Å². The largest absolute Gasteiger partial charge is 0.490 e. The first-order valence-electron chi connectivity index (χ1n) is 10.9. The van der Waals surface area contributed by atoms with E-state index in [9.17, 15) is 22.8 Å². The number of halogens is 4. The minimum Gasteiger partial charge on any atom is -0.475 e. The summed E-state index contributed by atoms with van der Waals surface area (Å²) < 4.78 is 46.9. The fraction of sp³-hybridized carbons (Fsp3) is 0.240. The van der Waals surface area contributed by atoms with Gasteiger partial charge in [0.15, 0.2) is 0 Å². The number of carboxylic acids is 1. The molecule has 0 amide bonds. The van der Waals surface area contributed by atoms with E-state index >= 15 is 0 Å². The Morgan fingerprint density at radius 1 is 1.14 bits per heavy atom. The Hall–Kier alpha value is -4.17. The Morgan fingerprint density at radius 2 is 1.78 bits per heavy atom. The summed E-state index contributed by atoms with van der Waals surface area (Å²) in [6, 6.07) is 14.6. The molecule has 4 rings (SSSR count). The van der Waals surface area contributed by atoms with Gasteiger partial charge in [-0.2, -0.15) is 18.4 Å². The molecule has 0 aliphatic carbocycles. The molecule has 0 unspecified atom stereocenters. The van der Waals surface area contributed by atoms with Crippen LogP contribution in [0, 0.1) is 17.1 Å². The van der Waals surface area contributed by atoms with Gasteiger partial charge in [-0.1, -0.05) is 18.2 Å². The summed E-state index contributed by atoms with van der Waals surface area (Å²) in [6.45, 7) is 3.60. The first-order valence-corrected chi connectivity index (χ1v) is 10.9. The lowest BCUT2D eigenvalue weighted by Crippen LogP contribution is -2.44. The predicted molar refractivity (Wildman–Crippen MR) is 127 cm³/mol. The van der Waals surface area contributed by atoms with E-state index in [1.54, 1.807) is 18.3 Å². The number of benzene rings is 1. The molecule has 0 saturated carbocycles. The van der Waals surface area contributed by atoms with E-state index in [0.29, 0.717) is 5.56 Å². The summed E-state index contributed by atoms with van der Waals surface area (Å²) in [5.74, 6) is -2.05. The Bertz CT molecular complexity index is 1270. The van der Waals surface area contributed by atoms with Crippen molar-refractivity contribution in [2.75, 3.05) is 31.1 Å². The van der Waals surface area contributed by atoms with Crippen LogP contribution in [0.25, 0.3) is 23.4 Å². The van der Waals surface area contributed by atoms with Crippen LogP contribution >= 0.6 is 0 Å². The van der Waals surface area contributed by atoms with Crippen molar-refractivity contribution in [3.8, 4) is 17.3 Å². The zero-order valence-corrected chi connectivity index (χ0v) is 19.3. The Morgan fingerprint density at radius 3 is 2.36 bits per heavy atom. The highest BCUT2D eigenvalue weighted by Gasteiger charge is 2.38. The standard InChI is InChI=1S/C23H22FN5.C2HF3O2/c1-28-22(15-19(16-25)23(28)29-12-10-26-11-13-29)18-8-9-27-21(14-18)7-4-17-2-5-20(24)6-3-17;3-2(4,5)1(6)7/h2-9,14-15,26H,10-13H2,1H3;(H,6,7). The molecular formula is C25H23F4N5O2. The number of anilines is 1. The van der Waals surface area contributed by atoms with Gasteiger partial charge in [-0.25, -0.2) is 9.18 Å². The highest BCUT2D eigenvalue weighted by Crippen LogP contribution is 2.31. The van der Waals surface area contributed by atoms with E-state index in [4.69, 9.17) is 9.90 Å². The Kier molecular flexibility index (Phi) is 8.45. The number of nitrogens with zero attached hydrogens (tertiary/aromatic N) is 4. The van der Waals surface area contributed by atoms with Crippen molar-refractivity contribution in [2.24, 2.45) is 7.05 Å². The van der Waals surface area contributed by atoms with Gasteiger partial charge in [0.05, 0.1) is 17.0 Å². The number of pyridine rings is 1. The summed E-state index contributed by atoms with van der Waals surface area (Å²) in [5.41, 5.74) is 4.37. The number of aliphatic carboxylic acids is 1. The number of hydrogen-bond donors (Lipinski definition) is 2. The summed E-state index contributed by atoms with van der Waals surface area (Å²) in [6.07, 6.45) is 0.495. The first-order chi connectivity index (χ1) is 17.1. The number of nitriles is 1. The molecule has 3 heterocycles. The molecular weight excluding hydrogens is 478 g/mol. The summed E-state index contributed by atoms with van der Waals surface area (Å²) >= 11 is 0. The second-order valence-corrected chi connectivity index (χ2v) is 7.83. The van der Waals surface area contributed by atoms with Crippen LogP contribution in [0.15, 0.2) is 48.7 Å². The molecule has 2 N–H and O–H groups in total. The summed E-state index contributed by atoms with van der Waals surface area (Å²) in [5, 5.41) is 20.1. The van der Waals surface area contributed by atoms with Gasteiger partial charge in [0.2, 0.25) is 0 Å². The molecule has 11 heteroatoms. The molecule has 36 heavy (non-hydrogen) atoms. The molecule has 0 bridgehead atoms. The highest BCUT2D eigenvalue weighted by molar-refractivity contribution is 5.74. The Labute approximate surface area is 204 Å². The van der Waals surface area contributed by atoms with Gasteiger partial charge >= 0.3 is 12.1 Å². The number of carboxylic acid groups (broad SMARTS) is 1. The van der Waals surface area contributed by atoms with Crippen molar-refractivity contribution in [1.29, 1.82) is 5.26 Å². The first kappa shape index (κ1) is 26.4. The van der Waals surface area contributed by atoms with Gasteiger partial charge < -0.3 is 19.9 Å². The van der Waals surface area contributed by atoms with Gasteiger partial charge in [-0.15, -0.1) is 0 Å². The van der Waals surface area contributed by atoms with E-state index in [-0.39, 0.29) is 5.82 Å². The van der Waals surface area contributed by atoms with Crippen molar-refractivity contribution >= 4 is 23.9 Å². The number of nitrogens with one attached hydrogen (secondary N) is 1. The van der Waals surface area contributed by atoms with Crippen LogP contribution in [0.1, 0.15) is 16.8 Å². The zero-order valence-electron chi connectivity index (χ0n) is 19.3. The number of carbonyl (C=O) groups is 1. The Balaban J connectivity index is 0.000000454. The van der Waals surface area contributed by atoms with Crippen LogP contribution in [0.5, 0.6) is 0 Å². The van der Waals surface area contributed by atoms with Crippen molar-refractivity contribution in [3.63, 3.8) is 0 Å². The maximum absolute atomic E-state index is 13.1. The van der Waals surface area contributed by atoms with E-state index in [1.807, 2.05) is 37.4 Å². The monoisotopic (exact) mass is 501 g/mol. The number of hydrogen-bond acceptors (Lipinski definition) is 5. The number of rotatable bonds is 4. The molecule has 188 valence electrons. The number of piperazine rings is 1. The zero-order chi connectivity index (χ0) is 26.3. The van der Waals surface area contributed by atoms with Gasteiger partial charge in [0.25, 0.3) is 0 Å². The van der Waals surface area contributed by atoms with Gasteiger partial charge in [-0.05, 0) is 42.0 Å². The van der Waals surface area contributed by atoms with Crippen molar-refractivity contribution < 1.29 is 27.5 Å². The number of alkyl halides is 3. The van der Waals surface area contributed by atoms with Crippen molar-refractivity contribution in [3.05, 3.63) is 71.3 Å². The lowest BCUT2D eigenvalue weighted by molar-refractivity contribution is -0.192. The maximum Gasteiger partial charge on any atom is 0.490 e. The highest BCUT2D eigenvalue weighted by atomic mass is 19.4. The quantitative estimate of drug-likeness (QED) is 0.518. The molecule has 2 aromatic heterocycles. The molecule has 1 fully saturated rings. The van der Waals surface area contributed by atoms with Crippen LogP contribution in [-0.4, -0.2) is 53.0 Å². The average molecular weight is 501 g/mol. The minimum absolute atomic E-state index is 0.250. The molecule has 0 spiro atoms. The van der Waals surface area contributed by atoms with E-state index in [2.05, 4.69) is 25.8 Å². The molecule has 1 aliphatic rings. The topological polar surface area (TPSA) is 94.2 Å². The molecule has 1 aromatic carbocycles. The van der Waals surface area contributed by atoms with Crippen LogP contribution in [-0.2, 0) is 11.8 Å². The molecule has 7 nitrogen and oxygen atoms in total. The fourth-order valence-corrected chi connectivity index (χ4v) is 3.67. The lowest BCUT2D eigenvalue weighted by Gasteiger charge is -2.30. The van der Waals surface area contributed by atoms with Gasteiger partial charge in [0.1, 0.15) is 17.7 Å². The molecule has 0 atom stereocenters. The average Bonchev–Trinajstić information content (AvgIpc) is 3.20. The molecule has 3 aromatic rings. The molecule has 0 radical (unpaired) electrons. The van der Waals surface area contributed by atoms with Gasteiger partial charge in [-0.3, -0.25) is 4.98 Å². The van der Waals surface area contributed by atoms with Crippen molar-refractivity contribution in [1.82, 2.24) is 14.9 Å². The van der Waals surface area contributed by atoms with E-state index in [0.717, 1.165) is 54.5 Å². The third-order valence-corrected chi connectivity index (χ3v) is 5.37. The minimum atomic E-state index is -5.08. The molecule has 1 aliphatic heterocycles. The predicted octanol–water partition coefficient (Wildman–Crippen LogP) is 4.31. The van der Waals surface area contributed by atoms with Crippen LogP contribution in [0.3, 0.4) is 0 Å². The van der Waals surface area contributed by atoms with E-state index in [1.165, 1.54) is 12.1 Å². The normalized spacial score (nSPS) is 13.7. The van der Waals surface area contributed by atoms with Crippen LogP contribution in [0.2, 0.25) is 0 Å². The van der Waals surface area contributed by atoms with E-state index < -0.39 is 12.1 Å². The lowest BCUT2D eigenvalue weighted by atomic mass is 10.1. The van der Waals surface area contributed by atoms with Crippen LogP contribution in [0.4, 0.5) is 23.4 Å². The second kappa shape index (κ2) is 11.5. The second-order valence-electron chi connectivity index (χ2n) is 7.83. The van der Waals surface area contributed by atoms with Crippen LogP contribution < -0.4 is 10.2 Å². The fourth-order valence-electron chi connectivity index (χ4n) is 3.67. The smallest absolute Gasteiger partial charge is 0.475 e. The third-order valence-electron chi connectivity index (χ3n) is 5.37. The number of aromatic nitrogens is 2. The maximum atomic E-state index is 13.1. The van der Waals surface area contributed by atoms with Crippen molar-refractivity contribution in [2.45, 2.75) is 6.18 Å².